The highest BCUT2D eigenvalue weighted by Crippen LogP contribution is 2.16. The van der Waals surface area contributed by atoms with E-state index in [-0.39, 0.29) is 31.6 Å². The van der Waals surface area contributed by atoms with Crippen molar-refractivity contribution in [2.75, 3.05) is 13.2 Å². The van der Waals surface area contributed by atoms with Gasteiger partial charge in [-0.1, -0.05) is 309 Å². The standard InChI is InChI=1S/C76H126O6/c1-4-7-10-13-16-19-22-25-28-30-32-33-34-35-36-37-38-39-40-41-42-43-44-46-48-51-54-57-60-63-66-69-75(78)81-72-73(71-80-74(77)68-65-62-59-56-53-50-47-27-24-21-18-15-12-9-6-3)82-76(79)70-67-64-61-58-55-52-49-45-31-29-26-23-20-17-14-11-8-5-2/h7,9-10,12,16,18-19,21,25,27-29,31-33,35-36,47,53,56,62,65,73H,4-6,8,11,13-15,17,20,22-24,26,30,34,37-46,48-52,54-55,57-61,63-64,66-72H2,1-3H3/b10-7-,12-9-,19-16-,21-18-,28-25-,31-29-,33-32-,36-35-,47-27-,56-53-,65-62-. The van der Waals surface area contributed by atoms with Crippen LogP contribution in [0.5, 0.6) is 0 Å². The summed E-state index contributed by atoms with van der Waals surface area (Å²) in [5.74, 6) is -1.04. The molecule has 0 aliphatic rings. The highest BCUT2D eigenvalue weighted by Gasteiger charge is 2.19. The third-order valence-corrected chi connectivity index (χ3v) is 14.4. The van der Waals surface area contributed by atoms with E-state index in [1.54, 1.807) is 6.08 Å². The summed E-state index contributed by atoms with van der Waals surface area (Å²) in [5.41, 5.74) is 0. The second kappa shape index (κ2) is 69.0. The number of carbonyl (C=O) groups excluding carboxylic acids is 3. The molecule has 0 bridgehead atoms. The molecule has 0 spiro atoms. The van der Waals surface area contributed by atoms with Crippen LogP contribution in [-0.4, -0.2) is 37.2 Å². The van der Waals surface area contributed by atoms with E-state index in [9.17, 15) is 14.4 Å². The molecule has 0 saturated carbocycles. The van der Waals surface area contributed by atoms with Gasteiger partial charge in [-0.25, -0.2) is 0 Å². The van der Waals surface area contributed by atoms with Crippen LogP contribution in [0.2, 0.25) is 0 Å². The highest BCUT2D eigenvalue weighted by atomic mass is 16.6. The molecule has 0 saturated heterocycles. The van der Waals surface area contributed by atoms with Crippen LogP contribution in [0, 0.1) is 0 Å². The second-order valence-corrected chi connectivity index (χ2v) is 22.3. The minimum absolute atomic E-state index is 0.111. The Morgan fingerprint density at radius 3 is 0.866 bits per heavy atom. The van der Waals surface area contributed by atoms with Crippen LogP contribution in [0.4, 0.5) is 0 Å². The van der Waals surface area contributed by atoms with Gasteiger partial charge in [0, 0.05) is 12.8 Å². The van der Waals surface area contributed by atoms with E-state index in [0.29, 0.717) is 12.8 Å². The monoisotopic (exact) mass is 1130 g/mol. The molecular formula is C76H126O6. The predicted molar refractivity (Wildman–Crippen MR) is 357 cm³/mol. The van der Waals surface area contributed by atoms with Gasteiger partial charge in [-0.2, -0.15) is 0 Å². The Morgan fingerprint density at radius 1 is 0.268 bits per heavy atom. The minimum Gasteiger partial charge on any atom is -0.462 e. The average molecular weight is 1140 g/mol. The Bertz CT molecular complexity index is 1730. The summed E-state index contributed by atoms with van der Waals surface area (Å²) in [7, 11) is 0. The third-order valence-electron chi connectivity index (χ3n) is 14.4. The summed E-state index contributed by atoms with van der Waals surface area (Å²) in [4.78, 5) is 38.3. The molecule has 0 heterocycles. The molecular weight excluding hydrogens is 1010 g/mol. The van der Waals surface area contributed by atoms with E-state index in [1.807, 2.05) is 6.08 Å². The summed E-state index contributed by atoms with van der Waals surface area (Å²) in [6.45, 7) is 6.34. The van der Waals surface area contributed by atoms with Crippen molar-refractivity contribution >= 4 is 17.9 Å². The number of unbranched alkanes of at least 4 members (excludes halogenated alkanes) is 29. The van der Waals surface area contributed by atoms with Crippen molar-refractivity contribution in [3.63, 3.8) is 0 Å². The first-order chi connectivity index (χ1) is 40.5. The molecule has 82 heavy (non-hydrogen) atoms. The Kier molecular flexibility index (Phi) is 65.3. The maximum atomic E-state index is 12.9. The lowest BCUT2D eigenvalue weighted by Crippen LogP contribution is -2.30. The van der Waals surface area contributed by atoms with Crippen LogP contribution in [0.15, 0.2) is 134 Å². The van der Waals surface area contributed by atoms with Crippen molar-refractivity contribution < 1.29 is 28.6 Å². The van der Waals surface area contributed by atoms with E-state index in [0.717, 1.165) is 103 Å². The van der Waals surface area contributed by atoms with Gasteiger partial charge in [-0.05, 0) is 116 Å². The summed E-state index contributed by atoms with van der Waals surface area (Å²) in [5, 5.41) is 0. The van der Waals surface area contributed by atoms with Gasteiger partial charge in [0.25, 0.3) is 0 Å². The minimum atomic E-state index is -0.824. The average Bonchev–Trinajstić information content (AvgIpc) is 3.47. The molecule has 0 aromatic rings. The van der Waals surface area contributed by atoms with Crippen molar-refractivity contribution in [2.24, 2.45) is 0 Å². The molecule has 0 aromatic heterocycles. The molecule has 0 aliphatic heterocycles. The topological polar surface area (TPSA) is 78.9 Å². The number of hydrogen-bond acceptors (Lipinski definition) is 6. The van der Waals surface area contributed by atoms with Gasteiger partial charge in [0.1, 0.15) is 13.2 Å². The fraction of sp³-hybridized carbons (Fsp3) is 0.671. The van der Waals surface area contributed by atoms with Crippen LogP contribution in [0.25, 0.3) is 0 Å². The molecule has 0 aliphatic carbocycles. The lowest BCUT2D eigenvalue weighted by atomic mass is 10.0. The lowest BCUT2D eigenvalue weighted by Gasteiger charge is -2.18. The molecule has 0 amide bonds. The summed E-state index contributed by atoms with van der Waals surface area (Å²) in [6.07, 6.45) is 97.9. The molecule has 6 heteroatoms. The van der Waals surface area contributed by atoms with Gasteiger partial charge < -0.3 is 14.2 Å². The van der Waals surface area contributed by atoms with Gasteiger partial charge in [0.15, 0.2) is 6.10 Å². The number of rotatable bonds is 61. The molecule has 1 atom stereocenters. The SMILES string of the molecule is CC/C=C\C/C=C\C/C=C\C/C=C\C/C=C\CCCCCCCCCCCCCCCCCC(=O)OCC(COC(=O)C/C=C\C/C=C\C/C=C\C/C=C\C/C=C\CC)OC(=O)CCCCCCCCC/C=C\CCCCCCCCC. The molecule has 0 radical (unpaired) electrons. The smallest absolute Gasteiger partial charge is 0.309 e. The molecule has 1 unspecified atom stereocenters. The Hall–Kier alpha value is -4.45. The fourth-order valence-corrected chi connectivity index (χ4v) is 9.36. The number of esters is 3. The Morgan fingerprint density at radius 2 is 0.524 bits per heavy atom. The molecule has 466 valence electrons. The van der Waals surface area contributed by atoms with Crippen molar-refractivity contribution in [3.8, 4) is 0 Å². The van der Waals surface area contributed by atoms with Crippen LogP contribution in [0.3, 0.4) is 0 Å². The van der Waals surface area contributed by atoms with Gasteiger partial charge in [-0.15, -0.1) is 0 Å². The summed E-state index contributed by atoms with van der Waals surface area (Å²) >= 11 is 0. The maximum Gasteiger partial charge on any atom is 0.309 e. The van der Waals surface area contributed by atoms with E-state index >= 15 is 0 Å². The van der Waals surface area contributed by atoms with Crippen LogP contribution >= 0.6 is 0 Å². The van der Waals surface area contributed by atoms with Crippen LogP contribution in [-0.2, 0) is 28.6 Å². The molecule has 0 fully saturated rings. The van der Waals surface area contributed by atoms with Gasteiger partial charge in [-0.3, -0.25) is 14.4 Å². The van der Waals surface area contributed by atoms with Gasteiger partial charge in [0.05, 0.1) is 6.42 Å². The zero-order valence-corrected chi connectivity index (χ0v) is 53.5. The maximum absolute atomic E-state index is 12.9. The third kappa shape index (κ3) is 66.4. The normalized spacial score (nSPS) is 13.0. The van der Waals surface area contributed by atoms with Crippen LogP contribution < -0.4 is 0 Å². The number of allylic oxidation sites excluding steroid dienone is 21. The van der Waals surface area contributed by atoms with E-state index in [2.05, 4.69) is 142 Å². The largest absolute Gasteiger partial charge is 0.462 e. The Balaban J connectivity index is 4.32. The summed E-state index contributed by atoms with van der Waals surface area (Å²) < 4.78 is 16.8. The quantitative estimate of drug-likeness (QED) is 0.0261. The van der Waals surface area contributed by atoms with Crippen molar-refractivity contribution in [1.29, 1.82) is 0 Å². The first-order valence-electron chi connectivity index (χ1n) is 34.2. The van der Waals surface area contributed by atoms with Gasteiger partial charge in [0.2, 0.25) is 0 Å². The molecule has 0 aromatic carbocycles. The van der Waals surface area contributed by atoms with Crippen molar-refractivity contribution in [2.45, 2.75) is 316 Å². The second-order valence-electron chi connectivity index (χ2n) is 22.3. The first-order valence-corrected chi connectivity index (χ1v) is 34.2. The predicted octanol–water partition coefficient (Wildman–Crippen LogP) is 23.7. The van der Waals surface area contributed by atoms with Crippen molar-refractivity contribution in [1.82, 2.24) is 0 Å². The van der Waals surface area contributed by atoms with Gasteiger partial charge >= 0.3 is 17.9 Å². The number of ether oxygens (including phenoxy) is 3. The van der Waals surface area contributed by atoms with E-state index in [1.165, 1.54) is 167 Å². The summed E-state index contributed by atoms with van der Waals surface area (Å²) in [6, 6.07) is 0. The molecule has 6 nitrogen and oxygen atoms in total. The Labute approximate surface area is 506 Å². The molecule has 0 N–H and O–H groups in total. The first kappa shape index (κ1) is 77.5. The van der Waals surface area contributed by atoms with Crippen LogP contribution in [0.1, 0.15) is 310 Å². The number of hydrogen-bond donors (Lipinski definition) is 0. The highest BCUT2D eigenvalue weighted by molar-refractivity contribution is 5.72. The zero-order chi connectivity index (χ0) is 59.2. The van der Waals surface area contributed by atoms with E-state index < -0.39 is 12.1 Å². The van der Waals surface area contributed by atoms with Crippen molar-refractivity contribution in [3.05, 3.63) is 134 Å². The molecule has 0 rings (SSSR count). The lowest BCUT2D eigenvalue weighted by molar-refractivity contribution is -0.166. The van der Waals surface area contributed by atoms with E-state index in [4.69, 9.17) is 14.2 Å². The fourth-order valence-electron chi connectivity index (χ4n) is 9.36. The zero-order valence-electron chi connectivity index (χ0n) is 53.5. The number of carbonyl (C=O) groups is 3.